The van der Waals surface area contributed by atoms with Crippen molar-refractivity contribution in [3.8, 4) is 0 Å². The number of ketones is 2. The molecular weight excluding hydrogens is 532 g/mol. The van der Waals surface area contributed by atoms with Crippen LogP contribution in [0.15, 0.2) is 59.0 Å². The first-order valence-corrected chi connectivity index (χ1v) is 15.5. The summed E-state index contributed by atoms with van der Waals surface area (Å²) in [6.45, 7) is 4.60. The number of carbonyl (C=O) groups excluding carboxylic acids is 3. The number of benzene rings is 1. The van der Waals surface area contributed by atoms with Gasteiger partial charge in [0.25, 0.3) is 5.60 Å². The van der Waals surface area contributed by atoms with Gasteiger partial charge in [0, 0.05) is 24.1 Å². The van der Waals surface area contributed by atoms with E-state index in [4.69, 9.17) is 15.2 Å². The van der Waals surface area contributed by atoms with Crippen LogP contribution in [0.4, 0.5) is 0 Å². The number of rotatable bonds is 12. The Balaban J connectivity index is 1.47. The quantitative estimate of drug-likeness (QED) is 0.103. The number of Topliss-reactive ketones (excluding diaryl/α,β-unsaturated/α-hetero) is 2. The number of carbonyl (C=O) groups is 3. The van der Waals surface area contributed by atoms with Crippen LogP contribution >= 0.6 is 0 Å². The molecule has 2 aliphatic carbocycles. The Bertz CT molecular complexity index is 1340. The molecule has 226 valence electrons. The number of hydrogen-bond acceptors (Lipinski definition) is 8. The SMILES string of the molecule is CCCCCCOC(=O)C12OC1(CC(CO)=C(C)CC1(C3=CCNC(N)=C3)CCCCC1)C(=O)c1ccccc1C2=O. The molecule has 0 amide bonds. The van der Waals surface area contributed by atoms with Crippen molar-refractivity contribution in [2.45, 2.75) is 95.7 Å². The maximum absolute atomic E-state index is 14.0. The fourth-order valence-corrected chi connectivity index (χ4v) is 7.29. The summed E-state index contributed by atoms with van der Waals surface area (Å²) in [5.41, 5.74) is 5.44. The first-order chi connectivity index (χ1) is 20.2. The Hall–Kier alpha value is -3.23. The van der Waals surface area contributed by atoms with Crippen molar-refractivity contribution in [3.05, 3.63) is 70.1 Å². The number of aliphatic hydroxyl groups is 1. The molecule has 4 N–H and O–H groups in total. The monoisotopic (exact) mass is 576 g/mol. The molecule has 2 heterocycles. The van der Waals surface area contributed by atoms with Crippen LogP contribution < -0.4 is 11.1 Å². The Kier molecular flexibility index (Phi) is 8.76. The van der Waals surface area contributed by atoms with E-state index in [2.05, 4.69) is 18.3 Å². The third-order valence-electron chi connectivity index (χ3n) is 9.70. The summed E-state index contributed by atoms with van der Waals surface area (Å²) in [6, 6.07) is 6.54. The molecular formula is C34H44N2O6. The Morgan fingerprint density at radius 1 is 1.05 bits per heavy atom. The first-order valence-electron chi connectivity index (χ1n) is 15.5. The van der Waals surface area contributed by atoms with Crippen LogP contribution in [-0.4, -0.2) is 53.6 Å². The van der Waals surface area contributed by atoms with Gasteiger partial charge in [-0.1, -0.05) is 81.4 Å². The second-order valence-electron chi connectivity index (χ2n) is 12.4. The van der Waals surface area contributed by atoms with E-state index in [1.807, 2.05) is 13.0 Å². The van der Waals surface area contributed by atoms with Crippen LogP contribution in [0.5, 0.6) is 0 Å². The van der Waals surface area contributed by atoms with E-state index in [-0.39, 0.29) is 36.2 Å². The van der Waals surface area contributed by atoms with Gasteiger partial charge in [0.15, 0.2) is 11.4 Å². The average Bonchev–Trinajstić information content (AvgIpc) is 3.70. The van der Waals surface area contributed by atoms with E-state index in [9.17, 15) is 19.5 Å². The summed E-state index contributed by atoms with van der Waals surface area (Å²) in [7, 11) is 0. The number of nitrogens with two attached hydrogens (primary N) is 1. The maximum atomic E-state index is 14.0. The highest BCUT2D eigenvalue weighted by Gasteiger charge is 2.85. The molecule has 8 nitrogen and oxygen atoms in total. The van der Waals surface area contributed by atoms with Crippen LogP contribution in [0.25, 0.3) is 0 Å². The zero-order valence-corrected chi connectivity index (χ0v) is 24.9. The van der Waals surface area contributed by atoms with Crippen molar-refractivity contribution in [2.24, 2.45) is 11.1 Å². The number of fused-ring (bicyclic) bond motifs is 2. The topological polar surface area (TPSA) is 131 Å². The summed E-state index contributed by atoms with van der Waals surface area (Å²) in [5.74, 6) is -1.13. The molecule has 2 fully saturated rings. The van der Waals surface area contributed by atoms with Gasteiger partial charge in [0.1, 0.15) is 0 Å². The lowest BCUT2D eigenvalue weighted by Gasteiger charge is -2.41. The normalized spacial score (nSPS) is 26.6. The van der Waals surface area contributed by atoms with Gasteiger partial charge >= 0.3 is 5.97 Å². The molecule has 5 rings (SSSR count). The minimum atomic E-state index is -2.03. The van der Waals surface area contributed by atoms with Gasteiger partial charge in [-0.2, -0.15) is 0 Å². The minimum Gasteiger partial charge on any atom is -0.463 e. The zero-order chi connectivity index (χ0) is 30.0. The summed E-state index contributed by atoms with van der Waals surface area (Å²) in [5, 5.41) is 13.8. The molecule has 1 aromatic rings. The first kappa shape index (κ1) is 30.2. The highest BCUT2D eigenvalue weighted by atomic mass is 16.7. The maximum Gasteiger partial charge on any atom is 0.350 e. The molecule has 0 bridgehead atoms. The van der Waals surface area contributed by atoms with Gasteiger partial charge in [-0.15, -0.1) is 0 Å². The fraction of sp³-hybridized carbons (Fsp3) is 0.559. The summed E-state index contributed by atoms with van der Waals surface area (Å²) in [4.78, 5) is 41.5. The second kappa shape index (κ2) is 12.2. The van der Waals surface area contributed by atoms with E-state index in [1.165, 1.54) is 12.0 Å². The van der Waals surface area contributed by atoms with E-state index in [0.717, 1.165) is 50.5 Å². The molecule has 1 saturated carbocycles. The third-order valence-corrected chi connectivity index (χ3v) is 9.70. The van der Waals surface area contributed by atoms with Crippen LogP contribution in [0.1, 0.15) is 105 Å². The molecule has 0 aromatic heterocycles. The van der Waals surface area contributed by atoms with Gasteiger partial charge in [0.05, 0.1) is 19.0 Å². The number of epoxide rings is 1. The van der Waals surface area contributed by atoms with E-state index >= 15 is 0 Å². The van der Waals surface area contributed by atoms with Crippen molar-refractivity contribution in [1.82, 2.24) is 5.32 Å². The smallest absolute Gasteiger partial charge is 0.350 e. The lowest BCUT2D eigenvalue weighted by Crippen LogP contribution is -2.51. The minimum absolute atomic E-state index is 0.0478. The molecule has 0 spiro atoms. The van der Waals surface area contributed by atoms with Gasteiger partial charge in [0.2, 0.25) is 5.78 Å². The number of dihydropyridines is 1. The van der Waals surface area contributed by atoms with Gasteiger partial charge in [-0.3, -0.25) is 9.59 Å². The average molecular weight is 577 g/mol. The summed E-state index contributed by atoms with van der Waals surface area (Å²) in [6.07, 6.45) is 13.9. The van der Waals surface area contributed by atoms with Crippen LogP contribution in [-0.2, 0) is 14.3 Å². The van der Waals surface area contributed by atoms with E-state index in [1.54, 1.807) is 24.3 Å². The molecule has 42 heavy (non-hydrogen) atoms. The molecule has 8 heteroatoms. The molecule has 0 radical (unpaired) electrons. The standard InChI is InChI=1S/C34H44N2O6/c1-3-4-5-11-18-41-31(40)34-30(39)27-13-8-7-12-26(27)29(38)33(34,42-34)21-24(22-37)23(2)20-32(15-9-6-10-16-32)25-14-17-36-28(35)19-25/h7-8,12-14,19,36-37H,3-6,9-11,15-18,20-22,35H2,1-2H3. The van der Waals surface area contributed by atoms with Crippen LogP contribution in [0, 0.1) is 5.41 Å². The largest absolute Gasteiger partial charge is 0.463 e. The lowest BCUT2D eigenvalue weighted by molar-refractivity contribution is -0.148. The number of hydrogen-bond donors (Lipinski definition) is 3. The Labute approximate surface area is 248 Å². The number of unbranched alkanes of at least 4 members (excludes halogenated alkanes) is 3. The lowest BCUT2D eigenvalue weighted by atomic mass is 9.64. The predicted octanol–water partition coefficient (Wildman–Crippen LogP) is 5.07. The molecule has 2 atom stereocenters. The highest BCUT2D eigenvalue weighted by Crippen LogP contribution is 2.60. The number of nitrogens with one attached hydrogen (secondary N) is 1. The van der Waals surface area contributed by atoms with E-state index in [0.29, 0.717) is 30.8 Å². The molecule has 4 aliphatic rings. The van der Waals surface area contributed by atoms with Crippen molar-refractivity contribution in [3.63, 3.8) is 0 Å². The number of esters is 1. The highest BCUT2D eigenvalue weighted by molar-refractivity contribution is 6.32. The van der Waals surface area contributed by atoms with Crippen molar-refractivity contribution < 1.29 is 29.0 Å². The van der Waals surface area contributed by atoms with Crippen molar-refractivity contribution in [2.75, 3.05) is 19.8 Å². The van der Waals surface area contributed by atoms with Crippen molar-refractivity contribution in [1.29, 1.82) is 0 Å². The van der Waals surface area contributed by atoms with E-state index < -0.39 is 28.7 Å². The number of allylic oxidation sites excluding steroid dienone is 3. The second-order valence-corrected chi connectivity index (χ2v) is 12.4. The van der Waals surface area contributed by atoms with Crippen LogP contribution in [0.3, 0.4) is 0 Å². The molecule has 2 aliphatic heterocycles. The van der Waals surface area contributed by atoms with Crippen molar-refractivity contribution >= 4 is 17.5 Å². The zero-order valence-electron chi connectivity index (χ0n) is 24.9. The van der Waals surface area contributed by atoms with Gasteiger partial charge in [-0.05, 0) is 55.2 Å². The fourth-order valence-electron chi connectivity index (χ4n) is 7.29. The predicted molar refractivity (Wildman–Crippen MR) is 160 cm³/mol. The third kappa shape index (κ3) is 5.13. The molecule has 2 unspecified atom stereocenters. The Morgan fingerprint density at radius 3 is 2.43 bits per heavy atom. The Morgan fingerprint density at radius 2 is 1.76 bits per heavy atom. The molecule has 1 aromatic carbocycles. The number of ether oxygens (including phenoxy) is 2. The van der Waals surface area contributed by atoms with Gasteiger partial charge < -0.3 is 25.6 Å². The molecule has 1 saturated heterocycles. The summed E-state index contributed by atoms with van der Waals surface area (Å²) < 4.78 is 11.7. The van der Waals surface area contributed by atoms with Gasteiger partial charge in [-0.25, -0.2) is 4.79 Å². The number of aliphatic hydroxyl groups excluding tert-OH is 1. The summed E-state index contributed by atoms with van der Waals surface area (Å²) >= 11 is 0. The van der Waals surface area contributed by atoms with Crippen LogP contribution in [0.2, 0.25) is 0 Å².